The number of nitrogens with one attached hydrogen (secondary N) is 2. The maximum Gasteiger partial charge on any atom is 0.338 e. The number of benzene rings is 1. The zero-order valence-corrected chi connectivity index (χ0v) is 20.0. The molecule has 1 aromatic carbocycles. The van der Waals surface area contributed by atoms with Gasteiger partial charge < -0.3 is 15.0 Å². The fourth-order valence-corrected chi connectivity index (χ4v) is 5.26. The van der Waals surface area contributed by atoms with E-state index < -0.39 is 29.9 Å². The number of carbonyl (C=O) groups is 3. The highest BCUT2D eigenvalue weighted by Crippen LogP contribution is 2.37. The highest BCUT2D eigenvalue weighted by atomic mass is 35.5. The molecule has 0 saturated carbocycles. The number of aromatic nitrogens is 1. The Balaban J connectivity index is 1.54. The quantitative estimate of drug-likeness (QED) is 0.457. The van der Waals surface area contributed by atoms with Gasteiger partial charge in [0.15, 0.2) is 10.8 Å². The Morgan fingerprint density at radius 1 is 1.31 bits per heavy atom. The summed E-state index contributed by atoms with van der Waals surface area (Å²) >= 11 is 7.73. The lowest BCUT2D eigenvalue weighted by Gasteiger charge is -2.37. The Morgan fingerprint density at radius 2 is 2.14 bits per heavy atom. The van der Waals surface area contributed by atoms with Crippen LogP contribution in [0.2, 0.25) is 5.02 Å². The van der Waals surface area contributed by atoms with Crippen LogP contribution in [0.5, 0.6) is 0 Å². The number of hydrogen-bond donors (Lipinski definition) is 2. The van der Waals surface area contributed by atoms with E-state index in [0.717, 1.165) is 0 Å². The number of methoxy groups -OCH3 is 1. The Bertz CT molecular complexity index is 1270. The maximum atomic E-state index is 13.8. The summed E-state index contributed by atoms with van der Waals surface area (Å²) in [5, 5.41) is 8.06. The molecule has 2 aromatic rings. The minimum Gasteiger partial charge on any atom is -0.466 e. The molecule has 35 heavy (non-hydrogen) atoms. The minimum absolute atomic E-state index is 0.120. The van der Waals surface area contributed by atoms with Crippen LogP contribution in [0.3, 0.4) is 0 Å². The zero-order valence-electron chi connectivity index (χ0n) is 18.5. The standard InChI is InChI=1S/C22H20ClFN6O4S/c1-34-21(32)16-14(9-29-5-6-30-15(10-29)19(31)28-22(30)33)26-18(20-25-4-7-35-20)27-17(16)12-3-2-11(24)8-13(12)23/h2-4,7-8,15,17H,5-6,9-10H2,1H3,(H,26,27)(H,28,31,33)/t15?,17-/m0/s1. The third kappa shape index (κ3) is 4.40. The van der Waals surface area contributed by atoms with Crippen molar-refractivity contribution in [3.8, 4) is 0 Å². The molecule has 3 aliphatic rings. The third-order valence-corrected chi connectivity index (χ3v) is 7.17. The number of aliphatic imine (C=N–C) groups is 1. The van der Waals surface area contributed by atoms with E-state index in [2.05, 4.69) is 15.6 Å². The van der Waals surface area contributed by atoms with Crippen molar-refractivity contribution in [2.24, 2.45) is 4.99 Å². The molecule has 1 unspecified atom stereocenters. The molecule has 3 amide bonds. The van der Waals surface area contributed by atoms with E-state index in [4.69, 9.17) is 21.3 Å². The van der Waals surface area contributed by atoms with Gasteiger partial charge in [0.05, 0.1) is 12.7 Å². The van der Waals surface area contributed by atoms with E-state index in [1.807, 2.05) is 4.90 Å². The van der Waals surface area contributed by atoms with Crippen LogP contribution in [0.1, 0.15) is 16.6 Å². The van der Waals surface area contributed by atoms with E-state index in [0.29, 0.717) is 41.7 Å². The molecule has 0 spiro atoms. The molecule has 182 valence electrons. The van der Waals surface area contributed by atoms with E-state index in [1.165, 1.54) is 41.5 Å². The van der Waals surface area contributed by atoms with Gasteiger partial charge in [0.2, 0.25) is 0 Å². The predicted octanol–water partition coefficient (Wildman–Crippen LogP) is 1.69. The lowest BCUT2D eigenvalue weighted by molar-refractivity contribution is -0.136. The number of piperazine rings is 1. The van der Waals surface area contributed by atoms with Crippen molar-refractivity contribution in [3.05, 3.63) is 62.5 Å². The number of halogens is 2. The van der Waals surface area contributed by atoms with Crippen LogP contribution in [0.15, 0.2) is 46.0 Å². The summed E-state index contributed by atoms with van der Waals surface area (Å²) in [4.78, 5) is 49.7. The molecule has 1 aromatic heterocycles. The smallest absolute Gasteiger partial charge is 0.338 e. The topological polar surface area (TPSA) is 116 Å². The van der Waals surface area contributed by atoms with E-state index in [9.17, 15) is 18.8 Å². The summed E-state index contributed by atoms with van der Waals surface area (Å²) in [5.41, 5.74) is 1.16. The molecule has 13 heteroatoms. The lowest BCUT2D eigenvalue weighted by atomic mass is 9.95. The molecule has 5 rings (SSSR count). The van der Waals surface area contributed by atoms with Gasteiger partial charge in [-0.25, -0.2) is 19.0 Å². The van der Waals surface area contributed by atoms with Crippen LogP contribution < -0.4 is 10.6 Å². The number of nitrogens with zero attached hydrogens (tertiary/aromatic N) is 4. The number of fused-ring (bicyclic) bond motifs is 1. The molecule has 0 radical (unpaired) electrons. The van der Waals surface area contributed by atoms with Gasteiger partial charge in [0.25, 0.3) is 5.91 Å². The molecular formula is C22H20ClFN6O4S. The maximum absolute atomic E-state index is 13.8. The zero-order chi connectivity index (χ0) is 24.7. The summed E-state index contributed by atoms with van der Waals surface area (Å²) in [6.45, 7) is 1.39. The van der Waals surface area contributed by atoms with Gasteiger partial charge in [0.1, 0.15) is 17.9 Å². The van der Waals surface area contributed by atoms with Crippen molar-refractivity contribution in [2.75, 3.05) is 33.3 Å². The van der Waals surface area contributed by atoms with Gasteiger partial charge >= 0.3 is 12.0 Å². The first kappa shape index (κ1) is 23.4. The summed E-state index contributed by atoms with van der Waals surface area (Å²) in [5.74, 6) is -1.05. The summed E-state index contributed by atoms with van der Waals surface area (Å²) < 4.78 is 18.9. The second kappa shape index (κ2) is 9.36. The van der Waals surface area contributed by atoms with Crippen molar-refractivity contribution in [1.29, 1.82) is 0 Å². The van der Waals surface area contributed by atoms with Crippen molar-refractivity contribution in [3.63, 3.8) is 0 Å². The van der Waals surface area contributed by atoms with Crippen molar-refractivity contribution >= 4 is 46.7 Å². The first-order valence-corrected chi connectivity index (χ1v) is 12.0. The summed E-state index contributed by atoms with van der Waals surface area (Å²) in [6.07, 6.45) is 1.64. The van der Waals surface area contributed by atoms with E-state index in [-0.39, 0.29) is 23.0 Å². The average Bonchev–Trinajstić information content (AvgIpc) is 3.47. The number of rotatable bonds is 5. The first-order chi connectivity index (χ1) is 16.9. The number of ether oxygens (including phenoxy) is 1. The van der Waals surface area contributed by atoms with E-state index >= 15 is 0 Å². The molecule has 10 nitrogen and oxygen atoms in total. The van der Waals surface area contributed by atoms with Crippen LogP contribution in [-0.4, -0.2) is 77.9 Å². The molecule has 2 atom stereocenters. The number of urea groups is 1. The number of imide groups is 1. The second-order valence-electron chi connectivity index (χ2n) is 8.13. The fourth-order valence-electron chi connectivity index (χ4n) is 4.40. The van der Waals surface area contributed by atoms with Gasteiger partial charge in [-0.1, -0.05) is 17.7 Å². The predicted molar refractivity (Wildman–Crippen MR) is 125 cm³/mol. The number of esters is 1. The van der Waals surface area contributed by atoms with Crippen LogP contribution in [-0.2, 0) is 14.3 Å². The van der Waals surface area contributed by atoms with Crippen molar-refractivity contribution < 1.29 is 23.5 Å². The van der Waals surface area contributed by atoms with Crippen molar-refractivity contribution in [1.82, 2.24) is 25.4 Å². The number of carbonyl (C=O) groups excluding carboxylic acids is 3. The minimum atomic E-state index is -0.872. The van der Waals surface area contributed by atoms with Crippen molar-refractivity contribution in [2.45, 2.75) is 12.1 Å². The summed E-state index contributed by atoms with van der Waals surface area (Å²) in [6, 6.07) is 2.05. The number of amidine groups is 1. The molecule has 4 heterocycles. The molecule has 2 fully saturated rings. The van der Waals surface area contributed by atoms with Crippen LogP contribution in [0.4, 0.5) is 9.18 Å². The highest BCUT2D eigenvalue weighted by molar-refractivity contribution is 7.11. The Morgan fingerprint density at radius 3 is 2.86 bits per heavy atom. The average molecular weight is 519 g/mol. The van der Waals surface area contributed by atoms with Gasteiger partial charge in [-0.15, -0.1) is 11.3 Å². The number of hydrogen-bond acceptors (Lipinski definition) is 9. The Kier molecular flexibility index (Phi) is 6.26. The van der Waals surface area contributed by atoms with E-state index in [1.54, 1.807) is 11.6 Å². The fraction of sp³-hybridized carbons (Fsp3) is 0.318. The van der Waals surface area contributed by atoms with Crippen LogP contribution in [0, 0.1) is 5.82 Å². The SMILES string of the molecule is COC(=O)C1=C(CN2CCN3C(=O)NC(=O)C3C2)NC(c2nccs2)=N[C@H]1c1ccc(F)cc1Cl. The Hall–Kier alpha value is -3.35. The largest absolute Gasteiger partial charge is 0.466 e. The van der Waals surface area contributed by atoms with Gasteiger partial charge in [-0.3, -0.25) is 20.0 Å². The molecule has 0 aliphatic carbocycles. The first-order valence-electron chi connectivity index (χ1n) is 10.7. The summed E-state index contributed by atoms with van der Waals surface area (Å²) in [7, 11) is 1.27. The third-order valence-electron chi connectivity index (χ3n) is 6.06. The highest BCUT2D eigenvalue weighted by Gasteiger charge is 2.43. The van der Waals surface area contributed by atoms with Gasteiger partial charge in [-0.2, -0.15) is 0 Å². The monoisotopic (exact) mass is 518 g/mol. The van der Waals surface area contributed by atoms with Gasteiger partial charge in [0, 0.05) is 54.0 Å². The molecule has 2 saturated heterocycles. The number of amides is 3. The molecular weight excluding hydrogens is 499 g/mol. The van der Waals surface area contributed by atoms with Crippen LogP contribution in [0.25, 0.3) is 0 Å². The Labute approximate surface area is 208 Å². The molecule has 0 bridgehead atoms. The molecule has 2 N–H and O–H groups in total. The van der Waals surface area contributed by atoms with Gasteiger partial charge in [-0.05, 0) is 12.1 Å². The molecule has 3 aliphatic heterocycles. The number of thiazole rings is 1. The second-order valence-corrected chi connectivity index (χ2v) is 9.43. The van der Waals surface area contributed by atoms with Crippen LogP contribution >= 0.6 is 22.9 Å². The normalized spacial score (nSPS) is 22.5. The lowest BCUT2D eigenvalue weighted by Crippen LogP contribution is -2.54.